The Labute approximate surface area is 160 Å². The molecule has 144 valence electrons. The van der Waals surface area contributed by atoms with Crippen molar-refractivity contribution in [3.8, 4) is 0 Å². The van der Waals surface area contributed by atoms with E-state index in [0.29, 0.717) is 0 Å². The van der Waals surface area contributed by atoms with Gasteiger partial charge in [0.05, 0.1) is 0 Å². The smallest absolute Gasteiger partial charge is 0.246 e. The summed E-state index contributed by atoms with van der Waals surface area (Å²) in [5.74, 6) is -2.83. The van der Waals surface area contributed by atoms with Gasteiger partial charge in [0, 0.05) is 25.2 Å². The van der Waals surface area contributed by atoms with Crippen molar-refractivity contribution in [3.05, 3.63) is 53.3 Å². The molecule has 0 bridgehead atoms. The van der Waals surface area contributed by atoms with Crippen molar-refractivity contribution >= 4 is 33.2 Å². The number of carbonyl (C=O) groups is 1. The highest BCUT2D eigenvalue weighted by molar-refractivity contribution is 7.89. The van der Waals surface area contributed by atoms with Crippen LogP contribution in [-0.2, 0) is 14.8 Å². The van der Waals surface area contributed by atoms with Crippen molar-refractivity contribution in [2.45, 2.75) is 17.7 Å². The van der Waals surface area contributed by atoms with Gasteiger partial charge in [0.2, 0.25) is 15.9 Å². The van der Waals surface area contributed by atoms with Crippen LogP contribution in [0.4, 0.5) is 14.5 Å². The molecule has 2 heterocycles. The number of sulfonamides is 1. The van der Waals surface area contributed by atoms with Gasteiger partial charge in [-0.3, -0.25) is 4.79 Å². The van der Waals surface area contributed by atoms with Crippen molar-refractivity contribution < 1.29 is 22.0 Å². The Balaban J connectivity index is 1.67. The predicted molar refractivity (Wildman–Crippen MR) is 95.7 cm³/mol. The molecule has 1 N–H and O–H groups in total. The molecule has 27 heavy (non-hydrogen) atoms. The van der Waals surface area contributed by atoms with E-state index >= 15 is 0 Å². The molecule has 1 aromatic carbocycles. The minimum Gasteiger partial charge on any atom is -0.321 e. The molecule has 2 aromatic rings. The van der Waals surface area contributed by atoms with Gasteiger partial charge in [-0.15, -0.1) is 0 Å². The Bertz CT molecular complexity index is 943. The van der Waals surface area contributed by atoms with E-state index in [1.54, 1.807) is 0 Å². The molecule has 1 aliphatic heterocycles. The number of pyridine rings is 1. The Kier molecular flexibility index (Phi) is 5.73. The summed E-state index contributed by atoms with van der Waals surface area (Å²) in [5, 5.41) is 2.14. The van der Waals surface area contributed by atoms with Crippen molar-refractivity contribution in [1.82, 2.24) is 9.29 Å². The average Bonchev–Trinajstić information content (AvgIpc) is 2.65. The lowest BCUT2D eigenvalue weighted by Gasteiger charge is -2.30. The standard InChI is InChI=1S/C17H16ClF2N3O3S/c18-16-14(5-2-8-21-16)27(25,26)23-9-6-11(7-10-23)17(24)22-15-12(19)3-1-4-13(15)20/h1-5,8,11H,6-7,9-10H2,(H,22,24). The third-order valence-corrected chi connectivity index (χ3v) is 6.72. The topological polar surface area (TPSA) is 79.4 Å². The normalized spacial score (nSPS) is 16.3. The maximum Gasteiger partial charge on any atom is 0.246 e. The number of nitrogens with one attached hydrogen (secondary N) is 1. The molecule has 1 saturated heterocycles. The molecule has 0 spiro atoms. The second kappa shape index (κ2) is 7.87. The highest BCUT2D eigenvalue weighted by Crippen LogP contribution is 2.28. The van der Waals surface area contributed by atoms with Crippen LogP contribution in [0.2, 0.25) is 5.15 Å². The molecule has 1 fully saturated rings. The van der Waals surface area contributed by atoms with Crippen LogP contribution in [0.3, 0.4) is 0 Å². The molecule has 0 radical (unpaired) electrons. The minimum absolute atomic E-state index is 0.0887. The Morgan fingerprint density at radius 1 is 1.15 bits per heavy atom. The van der Waals surface area contributed by atoms with Crippen LogP contribution in [0.15, 0.2) is 41.4 Å². The lowest BCUT2D eigenvalue weighted by molar-refractivity contribution is -0.121. The summed E-state index contributed by atoms with van der Waals surface area (Å²) in [5.41, 5.74) is -0.500. The minimum atomic E-state index is -3.83. The molecule has 0 unspecified atom stereocenters. The molecule has 0 aliphatic carbocycles. The van der Waals surface area contributed by atoms with Gasteiger partial charge in [0.25, 0.3) is 0 Å². The van der Waals surface area contributed by atoms with E-state index in [0.717, 1.165) is 12.1 Å². The van der Waals surface area contributed by atoms with Crippen LogP contribution in [0.1, 0.15) is 12.8 Å². The zero-order valence-corrected chi connectivity index (χ0v) is 15.6. The second-order valence-electron chi connectivity index (χ2n) is 6.06. The Morgan fingerprint density at radius 3 is 2.37 bits per heavy atom. The molecule has 0 saturated carbocycles. The summed E-state index contributed by atoms with van der Waals surface area (Å²) >= 11 is 5.87. The fraction of sp³-hybridized carbons (Fsp3) is 0.294. The number of hydrogen-bond acceptors (Lipinski definition) is 4. The number of hydrogen-bond donors (Lipinski definition) is 1. The van der Waals surface area contributed by atoms with Crippen LogP contribution in [0, 0.1) is 17.6 Å². The summed E-state index contributed by atoms with van der Waals surface area (Å²) in [4.78, 5) is 16.0. The van der Waals surface area contributed by atoms with Gasteiger partial charge < -0.3 is 5.32 Å². The van der Waals surface area contributed by atoms with Crippen molar-refractivity contribution in [2.75, 3.05) is 18.4 Å². The van der Waals surface area contributed by atoms with E-state index in [2.05, 4.69) is 10.3 Å². The largest absolute Gasteiger partial charge is 0.321 e. The average molecular weight is 416 g/mol. The van der Waals surface area contributed by atoms with Gasteiger partial charge in [0.15, 0.2) is 0 Å². The first kappa shape index (κ1) is 19.7. The molecular weight excluding hydrogens is 400 g/mol. The van der Waals surface area contributed by atoms with Crippen LogP contribution in [0.5, 0.6) is 0 Å². The number of anilines is 1. The molecule has 1 aromatic heterocycles. The number of para-hydroxylation sites is 1. The predicted octanol–water partition coefficient (Wildman–Crippen LogP) is 3.05. The fourth-order valence-electron chi connectivity index (χ4n) is 2.90. The van der Waals surface area contributed by atoms with E-state index in [4.69, 9.17) is 11.6 Å². The molecule has 10 heteroatoms. The third-order valence-electron chi connectivity index (χ3n) is 4.38. The summed E-state index contributed by atoms with van der Waals surface area (Å²) in [6, 6.07) is 6.14. The maximum atomic E-state index is 13.7. The Morgan fingerprint density at radius 2 is 1.78 bits per heavy atom. The second-order valence-corrected chi connectivity index (χ2v) is 8.32. The van der Waals surface area contributed by atoms with Crippen molar-refractivity contribution in [1.29, 1.82) is 0 Å². The van der Waals surface area contributed by atoms with Gasteiger partial charge >= 0.3 is 0 Å². The highest BCUT2D eigenvalue weighted by atomic mass is 35.5. The molecule has 6 nitrogen and oxygen atoms in total. The molecule has 1 aliphatic rings. The lowest BCUT2D eigenvalue weighted by atomic mass is 9.97. The summed E-state index contributed by atoms with van der Waals surface area (Å²) < 4.78 is 53.9. The first-order chi connectivity index (χ1) is 12.8. The third kappa shape index (κ3) is 4.10. The van der Waals surface area contributed by atoms with Crippen LogP contribution < -0.4 is 5.32 Å². The number of carbonyl (C=O) groups excluding carboxylic acids is 1. The zero-order chi connectivity index (χ0) is 19.6. The van der Waals surface area contributed by atoms with Crippen LogP contribution in [0.25, 0.3) is 0 Å². The van der Waals surface area contributed by atoms with E-state index in [9.17, 15) is 22.0 Å². The van der Waals surface area contributed by atoms with Crippen molar-refractivity contribution in [3.63, 3.8) is 0 Å². The van der Waals surface area contributed by atoms with E-state index in [1.807, 2.05) is 0 Å². The SMILES string of the molecule is O=C(Nc1c(F)cccc1F)C1CCN(S(=O)(=O)c2cccnc2Cl)CC1. The van der Waals surface area contributed by atoms with Crippen LogP contribution in [-0.4, -0.2) is 36.7 Å². The highest BCUT2D eigenvalue weighted by Gasteiger charge is 2.33. The first-order valence-electron chi connectivity index (χ1n) is 8.16. The van der Waals surface area contributed by atoms with Crippen LogP contribution >= 0.6 is 11.6 Å². The van der Waals surface area contributed by atoms with Gasteiger partial charge in [-0.05, 0) is 37.1 Å². The number of benzene rings is 1. The number of aromatic nitrogens is 1. The number of amides is 1. The summed E-state index contributed by atoms with van der Waals surface area (Å²) in [7, 11) is -3.83. The van der Waals surface area contributed by atoms with Gasteiger partial charge in [-0.2, -0.15) is 4.31 Å². The van der Waals surface area contributed by atoms with Gasteiger partial charge in [-0.1, -0.05) is 17.7 Å². The lowest BCUT2D eigenvalue weighted by Crippen LogP contribution is -2.41. The summed E-state index contributed by atoms with van der Waals surface area (Å²) in [6.45, 7) is 0.177. The molecular formula is C17H16ClF2N3O3S. The maximum absolute atomic E-state index is 13.7. The quantitative estimate of drug-likeness (QED) is 0.778. The Hall–Kier alpha value is -2.10. The van der Waals surface area contributed by atoms with Gasteiger partial charge in [-0.25, -0.2) is 22.2 Å². The number of rotatable bonds is 4. The number of halogens is 3. The number of nitrogens with zero attached hydrogens (tertiary/aromatic N) is 2. The molecule has 1 amide bonds. The van der Waals surface area contributed by atoms with Gasteiger partial charge in [0.1, 0.15) is 27.4 Å². The van der Waals surface area contributed by atoms with E-state index in [-0.39, 0.29) is 36.0 Å². The molecule has 3 rings (SSSR count). The first-order valence-corrected chi connectivity index (χ1v) is 9.98. The monoisotopic (exact) mass is 415 g/mol. The van der Waals surface area contributed by atoms with Crippen molar-refractivity contribution in [2.24, 2.45) is 5.92 Å². The fourth-order valence-corrected chi connectivity index (χ4v) is 4.80. The summed E-state index contributed by atoms with van der Waals surface area (Å²) in [6.07, 6.45) is 1.83. The van der Waals surface area contributed by atoms with E-state index in [1.165, 1.54) is 28.7 Å². The number of piperidine rings is 1. The van der Waals surface area contributed by atoms with E-state index < -0.39 is 39.2 Å². The molecule has 0 atom stereocenters. The zero-order valence-electron chi connectivity index (χ0n) is 14.0.